The van der Waals surface area contributed by atoms with Crippen molar-refractivity contribution in [2.24, 2.45) is 0 Å². The lowest BCUT2D eigenvalue weighted by Crippen LogP contribution is -3.00. The molecule has 1 heterocycles. The number of hydrogen-bond acceptors (Lipinski definition) is 4. The van der Waals surface area contributed by atoms with Crippen LogP contribution in [0.25, 0.3) is 22.0 Å². The first-order valence-corrected chi connectivity index (χ1v) is 8.79. The Hall–Kier alpha value is -1.85. The monoisotopic (exact) mass is 424 g/mol. The van der Waals surface area contributed by atoms with Crippen molar-refractivity contribution in [1.82, 2.24) is 4.98 Å². The summed E-state index contributed by atoms with van der Waals surface area (Å²) in [6, 6.07) is 12.7. The summed E-state index contributed by atoms with van der Waals surface area (Å²) in [6.07, 6.45) is 0. The molecule has 3 aromatic rings. The second-order valence-electron chi connectivity index (χ2n) is 5.72. The number of rotatable bonds is 5. The summed E-state index contributed by atoms with van der Waals surface area (Å²) in [4.78, 5) is 17.3. The SMILES string of the molecule is COCCOC(=O)c1c(C)nc2ccc(Cl)cc2c1-c1ccccc1Cl.[Cl-]. The van der Waals surface area contributed by atoms with Crippen LogP contribution in [-0.4, -0.2) is 31.3 Å². The minimum atomic E-state index is -0.469. The van der Waals surface area contributed by atoms with Gasteiger partial charge in [0.15, 0.2) is 0 Å². The van der Waals surface area contributed by atoms with Crippen molar-refractivity contribution in [2.75, 3.05) is 20.3 Å². The van der Waals surface area contributed by atoms with Crippen LogP contribution in [0, 0.1) is 6.92 Å². The molecule has 0 unspecified atom stereocenters. The molecule has 142 valence electrons. The Balaban J connectivity index is 0.00000261. The van der Waals surface area contributed by atoms with E-state index in [-0.39, 0.29) is 19.0 Å². The zero-order chi connectivity index (χ0) is 18.7. The van der Waals surface area contributed by atoms with E-state index in [4.69, 9.17) is 32.7 Å². The predicted octanol–water partition coefficient (Wildman–Crippen LogP) is 2.32. The van der Waals surface area contributed by atoms with Crippen LogP contribution >= 0.6 is 23.2 Å². The minimum Gasteiger partial charge on any atom is -1.00 e. The molecule has 0 radical (unpaired) electrons. The average molecular weight is 426 g/mol. The lowest BCUT2D eigenvalue weighted by Gasteiger charge is -2.16. The number of benzene rings is 2. The Morgan fingerprint density at radius 2 is 1.85 bits per heavy atom. The highest BCUT2D eigenvalue weighted by Gasteiger charge is 2.23. The molecule has 0 aliphatic carbocycles. The number of hydrogen-bond donors (Lipinski definition) is 0. The molecule has 4 nitrogen and oxygen atoms in total. The highest BCUT2D eigenvalue weighted by molar-refractivity contribution is 6.34. The van der Waals surface area contributed by atoms with Gasteiger partial charge in [0.1, 0.15) is 6.61 Å². The van der Waals surface area contributed by atoms with E-state index in [1.807, 2.05) is 24.3 Å². The van der Waals surface area contributed by atoms with Gasteiger partial charge in [0.2, 0.25) is 0 Å². The summed E-state index contributed by atoms with van der Waals surface area (Å²) < 4.78 is 10.3. The van der Waals surface area contributed by atoms with Crippen molar-refractivity contribution in [3.63, 3.8) is 0 Å². The van der Waals surface area contributed by atoms with Gasteiger partial charge in [0.05, 0.1) is 23.4 Å². The van der Waals surface area contributed by atoms with Crippen LogP contribution in [0.2, 0.25) is 10.0 Å². The molecule has 0 bridgehead atoms. The molecule has 0 aliphatic rings. The van der Waals surface area contributed by atoms with Gasteiger partial charge in [-0.1, -0.05) is 41.4 Å². The van der Waals surface area contributed by atoms with Crippen molar-refractivity contribution in [2.45, 2.75) is 6.92 Å². The molecule has 0 atom stereocenters. The van der Waals surface area contributed by atoms with Gasteiger partial charge < -0.3 is 21.9 Å². The van der Waals surface area contributed by atoms with Gasteiger partial charge in [-0.05, 0) is 31.2 Å². The van der Waals surface area contributed by atoms with Crippen LogP contribution in [0.15, 0.2) is 42.5 Å². The number of nitrogens with zero attached hydrogens (tertiary/aromatic N) is 1. The summed E-state index contributed by atoms with van der Waals surface area (Å²) in [7, 11) is 1.55. The van der Waals surface area contributed by atoms with E-state index >= 15 is 0 Å². The van der Waals surface area contributed by atoms with Gasteiger partial charge in [-0.15, -0.1) is 0 Å². The zero-order valence-corrected chi connectivity index (χ0v) is 17.0. The van der Waals surface area contributed by atoms with Gasteiger partial charge in [-0.2, -0.15) is 0 Å². The second-order valence-corrected chi connectivity index (χ2v) is 6.56. The van der Waals surface area contributed by atoms with Crippen LogP contribution in [0.3, 0.4) is 0 Å². The third-order valence-electron chi connectivity index (χ3n) is 4.00. The van der Waals surface area contributed by atoms with E-state index < -0.39 is 5.97 Å². The maximum absolute atomic E-state index is 12.8. The second kappa shape index (κ2) is 9.38. The summed E-state index contributed by atoms with van der Waals surface area (Å²) in [6.45, 7) is 2.25. The Morgan fingerprint density at radius 1 is 1.11 bits per heavy atom. The molecule has 0 N–H and O–H groups in total. The average Bonchev–Trinajstić information content (AvgIpc) is 2.62. The quantitative estimate of drug-likeness (QED) is 0.465. The summed E-state index contributed by atoms with van der Waals surface area (Å²) in [5, 5.41) is 1.83. The summed E-state index contributed by atoms with van der Waals surface area (Å²) >= 11 is 12.6. The fraction of sp³-hybridized carbons (Fsp3) is 0.200. The molecule has 0 aliphatic heterocycles. The van der Waals surface area contributed by atoms with E-state index in [1.165, 1.54) is 0 Å². The maximum Gasteiger partial charge on any atom is 0.340 e. The van der Waals surface area contributed by atoms with Crippen molar-refractivity contribution >= 4 is 40.1 Å². The standard InChI is InChI=1S/C20H17Cl2NO3.ClH/c1-12-18(20(24)26-10-9-25-2)19(14-5-3-4-6-16(14)22)15-11-13(21)7-8-17(15)23-12;/h3-8,11H,9-10H2,1-2H3;1H/p-1. The number of halogens is 3. The van der Waals surface area contributed by atoms with E-state index in [0.29, 0.717) is 33.5 Å². The normalized spacial score (nSPS) is 10.5. The maximum atomic E-state index is 12.8. The van der Waals surface area contributed by atoms with E-state index in [0.717, 1.165) is 16.5 Å². The first kappa shape index (κ1) is 21.5. The Kier molecular flexibility index (Phi) is 7.45. The number of aryl methyl sites for hydroxylation is 1. The van der Waals surface area contributed by atoms with Gasteiger partial charge in [-0.3, -0.25) is 4.98 Å². The van der Waals surface area contributed by atoms with Gasteiger partial charge >= 0.3 is 5.97 Å². The zero-order valence-electron chi connectivity index (χ0n) is 14.8. The number of esters is 1. The fourth-order valence-corrected chi connectivity index (χ4v) is 3.24. The Labute approximate surface area is 173 Å². The van der Waals surface area contributed by atoms with Crippen molar-refractivity contribution < 1.29 is 26.7 Å². The first-order valence-electron chi connectivity index (χ1n) is 8.03. The van der Waals surface area contributed by atoms with Gasteiger partial charge in [-0.25, -0.2) is 4.79 Å². The number of carbonyl (C=O) groups excluding carboxylic acids is 1. The molecule has 0 saturated heterocycles. The van der Waals surface area contributed by atoms with E-state index in [1.54, 1.807) is 32.2 Å². The molecule has 3 rings (SSSR count). The largest absolute Gasteiger partial charge is 1.00 e. The third kappa shape index (κ3) is 4.53. The number of fused-ring (bicyclic) bond motifs is 1. The molecule has 2 aromatic carbocycles. The van der Waals surface area contributed by atoms with Crippen molar-refractivity contribution in [1.29, 1.82) is 0 Å². The topological polar surface area (TPSA) is 48.4 Å². The van der Waals surface area contributed by atoms with E-state index in [2.05, 4.69) is 4.98 Å². The molecular formula is C20H17Cl3NO3-. The number of carbonyl (C=O) groups is 1. The molecular weight excluding hydrogens is 409 g/mol. The molecule has 0 saturated carbocycles. The number of aromatic nitrogens is 1. The number of methoxy groups -OCH3 is 1. The summed E-state index contributed by atoms with van der Waals surface area (Å²) in [5.74, 6) is -0.469. The third-order valence-corrected chi connectivity index (χ3v) is 4.56. The molecule has 0 spiro atoms. The molecule has 27 heavy (non-hydrogen) atoms. The highest BCUT2D eigenvalue weighted by atomic mass is 35.5. The summed E-state index contributed by atoms with van der Waals surface area (Å²) in [5.41, 5.74) is 3.07. The van der Waals surface area contributed by atoms with Crippen LogP contribution in [0.1, 0.15) is 16.1 Å². The molecule has 1 aromatic heterocycles. The minimum absolute atomic E-state index is 0. The van der Waals surface area contributed by atoms with Gasteiger partial charge in [0, 0.05) is 33.7 Å². The molecule has 7 heteroatoms. The van der Waals surface area contributed by atoms with Crippen molar-refractivity contribution in [3.8, 4) is 11.1 Å². The highest BCUT2D eigenvalue weighted by Crippen LogP contribution is 2.38. The molecule has 0 fully saturated rings. The fourth-order valence-electron chi connectivity index (χ4n) is 2.84. The predicted molar refractivity (Wildman–Crippen MR) is 104 cm³/mol. The van der Waals surface area contributed by atoms with Crippen molar-refractivity contribution in [3.05, 3.63) is 63.8 Å². The van der Waals surface area contributed by atoms with Crippen LogP contribution < -0.4 is 12.4 Å². The Bertz CT molecular complexity index is 976. The van der Waals surface area contributed by atoms with Crippen LogP contribution in [0.4, 0.5) is 0 Å². The Morgan fingerprint density at radius 3 is 2.56 bits per heavy atom. The van der Waals surface area contributed by atoms with Crippen LogP contribution in [0.5, 0.6) is 0 Å². The smallest absolute Gasteiger partial charge is 0.340 e. The van der Waals surface area contributed by atoms with Crippen LogP contribution in [-0.2, 0) is 9.47 Å². The number of pyridine rings is 1. The number of ether oxygens (including phenoxy) is 2. The lowest BCUT2D eigenvalue weighted by molar-refractivity contribution is -0.0000250. The lowest BCUT2D eigenvalue weighted by atomic mass is 9.94. The first-order chi connectivity index (χ1) is 12.5. The van der Waals surface area contributed by atoms with E-state index in [9.17, 15) is 4.79 Å². The van der Waals surface area contributed by atoms with Gasteiger partial charge in [0.25, 0.3) is 0 Å². The molecule has 0 amide bonds.